The molecule has 0 unspecified atom stereocenters. The molecular weight excluding hydrogens is 492 g/mol. The summed E-state index contributed by atoms with van der Waals surface area (Å²) < 4.78 is 34.0. The van der Waals surface area contributed by atoms with Crippen LogP contribution in [-0.4, -0.2) is 54.5 Å². The number of ether oxygens (including phenoxy) is 1. The van der Waals surface area contributed by atoms with Crippen LogP contribution in [-0.2, 0) is 15.6 Å². The molecule has 1 aliphatic rings. The quantitative estimate of drug-likeness (QED) is 0.400. The highest BCUT2D eigenvalue weighted by molar-refractivity contribution is 7.93. The molecule has 1 aliphatic heterocycles. The molecule has 0 aliphatic carbocycles. The van der Waals surface area contributed by atoms with Gasteiger partial charge in [-0.25, -0.2) is 13.4 Å². The Hall–Kier alpha value is -4.02. The fraction of sp³-hybridized carbons (Fsp3) is 0.222. The van der Waals surface area contributed by atoms with E-state index in [0.717, 1.165) is 5.39 Å². The van der Waals surface area contributed by atoms with E-state index in [0.29, 0.717) is 54.1 Å². The number of fused-ring (bicyclic) bond motifs is 1. The van der Waals surface area contributed by atoms with Gasteiger partial charge in [0.1, 0.15) is 4.90 Å². The molecule has 1 fully saturated rings. The summed E-state index contributed by atoms with van der Waals surface area (Å²) in [7, 11) is -2.38. The number of benzene rings is 2. The number of hydrogen-bond donors (Lipinski definition) is 2. The van der Waals surface area contributed by atoms with E-state index in [1.165, 1.54) is 13.2 Å². The lowest BCUT2D eigenvalue weighted by atomic mass is 9.84. The van der Waals surface area contributed by atoms with E-state index >= 15 is 0 Å². The smallest absolute Gasteiger partial charge is 0.264 e. The van der Waals surface area contributed by atoms with Crippen LogP contribution in [0.15, 0.2) is 84.0 Å². The Kier molecular flexibility index (Phi) is 6.53. The molecule has 2 aromatic heterocycles. The Morgan fingerprint density at radius 3 is 2.38 bits per heavy atom. The minimum atomic E-state index is -3.89. The third-order valence-corrected chi connectivity index (χ3v) is 8.03. The van der Waals surface area contributed by atoms with Crippen molar-refractivity contribution in [3.8, 4) is 5.88 Å². The van der Waals surface area contributed by atoms with Crippen molar-refractivity contribution in [3.05, 3.63) is 90.3 Å². The molecule has 37 heavy (non-hydrogen) atoms. The van der Waals surface area contributed by atoms with E-state index in [-0.39, 0.29) is 10.8 Å². The zero-order valence-corrected chi connectivity index (χ0v) is 21.0. The molecule has 0 bridgehead atoms. The zero-order valence-electron chi connectivity index (χ0n) is 20.2. The van der Waals surface area contributed by atoms with Gasteiger partial charge in [-0.3, -0.25) is 14.5 Å². The number of amides is 1. The zero-order chi connectivity index (χ0) is 26.0. The first kappa shape index (κ1) is 24.7. The Bertz CT molecular complexity index is 1540. The van der Waals surface area contributed by atoms with Crippen LogP contribution in [0.3, 0.4) is 0 Å². The second-order valence-corrected chi connectivity index (χ2v) is 10.5. The molecule has 0 spiro atoms. The second-order valence-electron chi connectivity index (χ2n) is 8.90. The average Bonchev–Trinajstić information content (AvgIpc) is 2.93. The largest absolute Gasteiger partial charge is 0.481 e. The Morgan fingerprint density at radius 1 is 0.973 bits per heavy atom. The van der Waals surface area contributed by atoms with E-state index in [1.807, 2.05) is 0 Å². The minimum absolute atomic E-state index is 0.0804. The number of pyridine rings is 2. The van der Waals surface area contributed by atoms with E-state index < -0.39 is 15.6 Å². The molecule has 5 rings (SSSR count). The number of aliphatic hydroxyl groups is 1. The van der Waals surface area contributed by atoms with Gasteiger partial charge in [0.15, 0.2) is 0 Å². The number of nitrogens with zero attached hydrogens (tertiary/aromatic N) is 3. The molecule has 1 saturated heterocycles. The van der Waals surface area contributed by atoms with Crippen molar-refractivity contribution < 1.29 is 23.1 Å². The van der Waals surface area contributed by atoms with Gasteiger partial charge in [-0.15, -0.1) is 0 Å². The Morgan fingerprint density at radius 2 is 1.65 bits per heavy atom. The van der Waals surface area contributed by atoms with Crippen molar-refractivity contribution in [2.24, 2.45) is 0 Å². The minimum Gasteiger partial charge on any atom is -0.481 e. The number of piperidine rings is 1. The maximum absolute atomic E-state index is 13.1. The van der Waals surface area contributed by atoms with Gasteiger partial charge in [-0.05, 0) is 61.4 Å². The normalized spacial score (nSPS) is 15.4. The summed E-state index contributed by atoms with van der Waals surface area (Å²) in [5.74, 6) is 0.190. The van der Waals surface area contributed by atoms with Crippen LogP contribution >= 0.6 is 0 Å². The summed E-state index contributed by atoms with van der Waals surface area (Å²) in [5.41, 5.74) is 0.635. The SMILES string of the molecule is COc1ncccc1C1(O)CCN(C(=O)c2ccc(NS(=O)(=O)c3cccc4cccnc34)cc2)CC1. The number of methoxy groups -OCH3 is 1. The molecule has 9 nitrogen and oxygen atoms in total. The third-order valence-electron chi connectivity index (χ3n) is 6.61. The van der Waals surface area contributed by atoms with E-state index in [9.17, 15) is 18.3 Å². The molecule has 1 amide bonds. The monoisotopic (exact) mass is 518 g/mol. The number of aromatic nitrogens is 2. The van der Waals surface area contributed by atoms with Crippen molar-refractivity contribution in [2.75, 3.05) is 24.9 Å². The van der Waals surface area contributed by atoms with Crippen LogP contribution in [0.5, 0.6) is 5.88 Å². The van der Waals surface area contributed by atoms with Crippen molar-refractivity contribution in [3.63, 3.8) is 0 Å². The number of hydrogen-bond acceptors (Lipinski definition) is 7. The van der Waals surface area contributed by atoms with E-state index in [1.54, 1.807) is 78.0 Å². The summed E-state index contributed by atoms with van der Waals surface area (Å²) in [6.45, 7) is 0.714. The molecule has 4 aromatic rings. The van der Waals surface area contributed by atoms with Crippen molar-refractivity contribution in [1.29, 1.82) is 0 Å². The Labute approximate surface area is 214 Å². The van der Waals surface area contributed by atoms with Crippen LogP contribution in [0.1, 0.15) is 28.8 Å². The standard InChI is InChI=1S/C27H26N4O5S/c1-36-25-22(7-4-16-29-25)27(33)13-17-31(18-14-27)26(32)20-9-11-21(12-10-20)30-37(34,35)23-8-2-5-19-6-3-15-28-24(19)23/h2-12,15-16,30,33H,13-14,17-18H2,1H3. The highest BCUT2D eigenvalue weighted by Gasteiger charge is 2.38. The van der Waals surface area contributed by atoms with Crippen molar-refractivity contribution in [1.82, 2.24) is 14.9 Å². The summed E-state index contributed by atoms with van der Waals surface area (Å²) in [5, 5.41) is 11.9. The van der Waals surface area contributed by atoms with Gasteiger partial charge in [-0.1, -0.05) is 18.2 Å². The fourth-order valence-corrected chi connectivity index (χ4v) is 5.86. The predicted octanol–water partition coefficient (Wildman–Crippen LogP) is 3.56. The fourth-order valence-electron chi connectivity index (χ4n) is 4.62. The third kappa shape index (κ3) is 4.85. The number of para-hydroxylation sites is 1. The molecule has 0 radical (unpaired) electrons. The number of nitrogens with one attached hydrogen (secondary N) is 1. The van der Waals surface area contributed by atoms with Gasteiger partial charge in [-0.2, -0.15) is 0 Å². The molecule has 3 heterocycles. The summed E-state index contributed by atoms with van der Waals surface area (Å²) in [4.78, 5) is 23.2. The second kappa shape index (κ2) is 9.79. The molecule has 0 atom stereocenters. The van der Waals surface area contributed by atoms with Crippen LogP contribution in [0, 0.1) is 0 Å². The molecule has 0 saturated carbocycles. The van der Waals surface area contributed by atoms with Crippen LogP contribution in [0.2, 0.25) is 0 Å². The lowest BCUT2D eigenvalue weighted by Gasteiger charge is -2.38. The Balaban J connectivity index is 1.27. The van der Waals surface area contributed by atoms with Gasteiger partial charge in [0, 0.05) is 47.7 Å². The van der Waals surface area contributed by atoms with Gasteiger partial charge >= 0.3 is 0 Å². The topological polar surface area (TPSA) is 122 Å². The lowest BCUT2D eigenvalue weighted by Crippen LogP contribution is -2.45. The highest BCUT2D eigenvalue weighted by Crippen LogP contribution is 2.37. The summed E-state index contributed by atoms with van der Waals surface area (Å²) >= 11 is 0. The molecular formula is C27H26N4O5S. The van der Waals surface area contributed by atoms with Gasteiger partial charge < -0.3 is 14.7 Å². The van der Waals surface area contributed by atoms with Crippen LogP contribution in [0.4, 0.5) is 5.69 Å². The van der Waals surface area contributed by atoms with E-state index in [4.69, 9.17) is 4.74 Å². The molecule has 2 aromatic carbocycles. The first-order valence-electron chi connectivity index (χ1n) is 11.8. The van der Waals surface area contributed by atoms with Gasteiger partial charge in [0.05, 0.1) is 18.2 Å². The molecule has 10 heteroatoms. The number of rotatable bonds is 6. The number of carbonyl (C=O) groups excluding carboxylic acids is 1. The highest BCUT2D eigenvalue weighted by atomic mass is 32.2. The maximum atomic E-state index is 13.1. The summed E-state index contributed by atoms with van der Waals surface area (Å²) in [6.07, 6.45) is 3.85. The lowest BCUT2D eigenvalue weighted by molar-refractivity contribution is -0.0230. The predicted molar refractivity (Wildman–Crippen MR) is 139 cm³/mol. The van der Waals surface area contributed by atoms with Crippen LogP contribution < -0.4 is 9.46 Å². The van der Waals surface area contributed by atoms with Gasteiger partial charge in [0.25, 0.3) is 15.9 Å². The number of carbonyl (C=O) groups is 1. The average molecular weight is 519 g/mol. The first-order valence-corrected chi connectivity index (χ1v) is 13.3. The maximum Gasteiger partial charge on any atom is 0.264 e. The van der Waals surface area contributed by atoms with Crippen molar-refractivity contribution >= 4 is 32.5 Å². The first-order chi connectivity index (χ1) is 17.8. The van der Waals surface area contributed by atoms with Crippen LogP contribution in [0.25, 0.3) is 10.9 Å². The van der Waals surface area contributed by atoms with Crippen molar-refractivity contribution in [2.45, 2.75) is 23.3 Å². The molecule has 2 N–H and O–H groups in total. The van der Waals surface area contributed by atoms with Gasteiger partial charge in [0.2, 0.25) is 5.88 Å². The van der Waals surface area contributed by atoms with E-state index in [2.05, 4.69) is 14.7 Å². The number of anilines is 1. The number of sulfonamides is 1. The molecule has 190 valence electrons. The summed E-state index contributed by atoms with van der Waals surface area (Å²) in [6, 6.07) is 18.4. The number of likely N-dealkylation sites (tertiary alicyclic amines) is 1.